The van der Waals surface area contributed by atoms with E-state index >= 15 is 0 Å². The van der Waals surface area contributed by atoms with Crippen molar-refractivity contribution in [3.05, 3.63) is 71.0 Å². The van der Waals surface area contributed by atoms with Gasteiger partial charge >= 0.3 is 0 Å². The third-order valence-corrected chi connectivity index (χ3v) is 4.94. The molecule has 0 bridgehead atoms. The van der Waals surface area contributed by atoms with Crippen LogP contribution in [0, 0.1) is 0 Å². The number of anilines is 1. The molecule has 3 heterocycles. The second-order valence-electron chi connectivity index (χ2n) is 8.15. The summed E-state index contributed by atoms with van der Waals surface area (Å²) in [5.74, 6) is -0.170. The number of hydrogen-bond acceptors (Lipinski definition) is 5. The molecule has 0 radical (unpaired) electrons. The topological polar surface area (TPSA) is 97.2 Å². The fraction of sp³-hybridized carbons (Fsp3) is 0.227. The van der Waals surface area contributed by atoms with Crippen molar-refractivity contribution in [3.8, 4) is 5.82 Å². The number of carbonyl (C=O) groups is 3. The standard InChI is InChI=1S/C22H21N5O3/c1-22(2,3)16-12-18(27(25-16)17-7-5-6-10-23-17)24-19(28)13-8-9-14-15(11-13)21(30)26(4)20(14)29/h5-12H,1-4H3,(H,24,28). The Bertz CT molecular complexity index is 1180. The molecular formula is C22H21N5O3. The van der Waals surface area contributed by atoms with Crippen LogP contribution in [0.15, 0.2) is 48.7 Å². The van der Waals surface area contributed by atoms with Crippen molar-refractivity contribution < 1.29 is 14.4 Å². The Morgan fingerprint density at radius 2 is 1.73 bits per heavy atom. The highest BCUT2D eigenvalue weighted by molar-refractivity contribution is 6.22. The zero-order valence-electron chi connectivity index (χ0n) is 17.1. The Labute approximate surface area is 173 Å². The molecule has 0 fully saturated rings. The minimum absolute atomic E-state index is 0.226. The fourth-order valence-corrected chi connectivity index (χ4v) is 3.18. The summed E-state index contributed by atoms with van der Waals surface area (Å²) in [6, 6.07) is 11.7. The van der Waals surface area contributed by atoms with Crippen LogP contribution in [0.2, 0.25) is 0 Å². The summed E-state index contributed by atoms with van der Waals surface area (Å²) in [5, 5.41) is 7.48. The number of rotatable bonds is 3. The molecule has 0 saturated heterocycles. The van der Waals surface area contributed by atoms with Crippen LogP contribution in [0.25, 0.3) is 5.82 Å². The van der Waals surface area contributed by atoms with E-state index in [1.807, 2.05) is 32.9 Å². The van der Waals surface area contributed by atoms with Crippen molar-refractivity contribution in [1.29, 1.82) is 0 Å². The molecule has 152 valence electrons. The molecule has 0 saturated carbocycles. The molecule has 8 heteroatoms. The van der Waals surface area contributed by atoms with E-state index < -0.39 is 11.8 Å². The quantitative estimate of drug-likeness (QED) is 0.678. The molecule has 30 heavy (non-hydrogen) atoms. The highest BCUT2D eigenvalue weighted by Gasteiger charge is 2.33. The molecule has 1 N–H and O–H groups in total. The molecule has 1 aliphatic heterocycles. The first kappa shape index (κ1) is 19.5. The first-order valence-corrected chi connectivity index (χ1v) is 9.46. The molecule has 0 atom stereocenters. The van der Waals surface area contributed by atoms with Crippen LogP contribution in [-0.2, 0) is 5.41 Å². The molecule has 8 nitrogen and oxygen atoms in total. The normalized spacial score (nSPS) is 13.5. The number of carbonyl (C=O) groups excluding carboxylic acids is 3. The summed E-state index contributed by atoms with van der Waals surface area (Å²) in [6.07, 6.45) is 1.65. The number of hydrogen-bond donors (Lipinski definition) is 1. The molecule has 3 amide bonds. The molecule has 0 unspecified atom stereocenters. The van der Waals surface area contributed by atoms with E-state index in [9.17, 15) is 14.4 Å². The second-order valence-corrected chi connectivity index (χ2v) is 8.15. The highest BCUT2D eigenvalue weighted by atomic mass is 16.2. The number of amides is 3. The second kappa shape index (κ2) is 6.91. The number of fused-ring (bicyclic) bond motifs is 1. The lowest BCUT2D eigenvalue weighted by Crippen LogP contribution is -2.24. The zero-order valence-corrected chi connectivity index (χ0v) is 17.1. The minimum Gasteiger partial charge on any atom is -0.306 e. The smallest absolute Gasteiger partial charge is 0.261 e. The minimum atomic E-state index is -0.418. The molecule has 0 aliphatic carbocycles. The van der Waals surface area contributed by atoms with Crippen LogP contribution < -0.4 is 5.32 Å². The van der Waals surface area contributed by atoms with Crippen LogP contribution in [0.1, 0.15) is 57.5 Å². The molecule has 4 rings (SSSR count). The SMILES string of the molecule is CN1C(=O)c2ccc(C(=O)Nc3cc(C(C)(C)C)nn3-c3ccccn3)cc2C1=O. The Balaban J connectivity index is 1.70. The van der Waals surface area contributed by atoms with Crippen LogP contribution in [0.3, 0.4) is 0 Å². The average Bonchev–Trinajstić information content (AvgIpc) is 3.24. The predicted octanol–water partition coefficient (Wildman–Crippen LogP) is 3.04. The van der Waals surface area contributed by atoms with Crippen molar-refractivity contribution in [2.45, 2.75) is 26.2 Å². The van der Waals surface area contributed by atoms with E-state index in [0.29, 0.717) is 17.2 Å². The summed E-state index contributed by atoms with van der Waals surface area (Å²) in [5.41, 5.74) is 1.36. The van der Waals surface area contributed by atoms with E-state index in [2.05, 4.69) is 15.4 Å². The third kappa shape index (κ3) is 3.26. The van der Waals surface area contributed by atoms with E-state index in [1.165, 1.54) is 25.2 Å². The number of benzene rings is 1. The average molecular weight is 403 g/mol. The van der Waals surface area contributed by atoms with Gasteiger partial charge in [0.1, 0.15) is 5.82 Å². The summed E-state index contributed by atoms with van der Waals surface area (Å²) in [7, 11) is 1.42. The lowest BCUT2D eigenvalue weighted by Gasteiger charge is -2.13. The van der Waals surface area contributed by atoms with Gasteiger partial charge in [-0.2, -0.15) is 9.78 Å². The molecule has 3 aromatic rings. The van der Waals surface area contributed by atoms with E-state index in [4.69, 9.17) is 0 Å². The van der Waals surface area contributed by atoms with Gasteiger partial charge in [0.15, 0.2) is 5.82 Å². The maximum absolute atomic E-state index is 12.9. The van der Waals surface area contributed by atoms with Gasteiger partial charge in [-0.3, -0.25) is 19.3 Å². The monoisotopic (exact) mass is 403 g/mol. The number of pyridine rings is 1. The Morgan fingerprint density at radius 3 is 2.40 bits per heavy atom. The summed E-state index contributed by atoms with van der Waals surface area (Å²) >= 11 is 0. The zero-order chi connectivity index (χ0) is 21.6. The Morgan fingerprint density at radius 1 is 1.00 bits per heavy atom. The summed E-state index contributed by atoms with van der Waals surface area (Å²) < 4.78 is 1.58. The third-order valence-electron chi connectivity index (χ3n) is 4.94. The lowest BCUT2D eigenvalue weighted by molar-refractivity contribution is 0.0693. The van der Waals surface area contributed by atoms with Gasteiger partial charge in [0.2, 0.25) is 0 Å². The van der Waals surface area contributed by atoms with Crippen molar-refractivity contribution in [2.24, 2.45) is 0 Å². The van der Waals surface area contributed by atoms with Crippen LogP contribution in [0.4, 0.5) is 5.82 Å². The number of imide groups is 1. The first-order chi connectivity index (χ1) is 14.2. The molecular weight excluding hydrogens is 382 g/mol. The van der Waals surface area contributed by atoms with Crippen LogP contribution >= 0.6 is 0 Å². The van der Waals surface area contributed by atoms with E-state index in [0.717, 1.165) is 10.6 Å². The van der Waals surface area contributed by atoms with Crippen LogP contribution in [0.5, 0.6) is 0 Å². The van der Waals surface area contributed by atoms with Gasteiger partial charge in [0.05, 0.1) is 16.8 Å². The maximum atomic E-state index is 12.9. The molecule has 2 aromatic heterocycles. The fourth-order valence-electron chi connectivity index (χ4n) is 3.18. The van der Waals surface area contributed by atoms with Gasteiger partial charge < -0.3 is 5.32 Å². The van der Waals surface area contributed by atoms with Gasteiger partial charge in [0, 0.05) is 30.3 Å². The summed E-state index contributed by atoms with van der Waals surface area (Å²) in [4.78, 5) is 42.6. The number of aromatic nitrogens is 3. The predicted molar refractivity (Wildman–Crippen MR) is 111 cm³/mol. The van der Waals surface area contributed by atoms with Gasteiger partial charge in [-0.15, -0.1) is 0 Å². The van der Waals surface area contributed by atoms with Gasteiger partial charge in [0.25, 0.3) is 17.7 Å². The van der Waals surface area contributed by atoms with Crippen molar-refractivity contribution in [2.75, 3.05) is 12.4 Å². The molecule has 1 aromatic carbocycles. The maximum Gasteiger partial charge on any atom is 0.261 e. The largest absolute Gasteiger partial charge is 0.306 e. The number of nitrogens with zero attached hydrogens (tertiary/aromatic N) is 4. The van der Waals surface area contributed by atoms with Gasteiger partial charge in [-0.05, 0) is 30.3 Å². The van der Waals surface area contributed by atoms with Crippen LogP contribution in [-0.4, -0.2) is 44.4 Å². The van der Waals surface area contributed by atoms with Gasteiger partial charge in [-0.25, -0.2) is 4.98 Å². The number of nitrogens with one attached hydrogen (secondary N) is 1. The molecule has 0 spiro atoms. The summed E-state index contributed by atoms with van der Waals surface area (Å²) in [6.45, 7) is 6.09. The Hall–Kier alpha value is -3.81. The Kier molecular flexibility index (Phi) is 4.49. The van der Waals surface area contributed by atoms with Gasteiger partial charge in [-0.1, -0.05) is 26.8 Å². The highest BCUT2D eigenvalue weighted by Crippen LogP contribution is 2.27. The van der Waals surface area contributed by atoms with E-state index in [1.54, 1.807) is 23.0 Å². The first-order valence-electron chi connectivity index (χ1n) is 9.46. The van der Waals surface area contributed by atoms with Crippen molar-refractivity contribution in [3.63, 3.8) is 0 Å². The van der Waals surface area contributed by atoms with Crippen molar-refractivity contribution >= 4 is 23.5 Å². The molecule has 1 aliphatic rings. The van der Waals surface area contributed by atoms with E-state index in [-0.39, 0.29) is 22.4 Å². The lowest BCUT2D eigenvalue weighted by atomic mass is 9.92. The van der Waals surface area contributed by atoms with Crippen molar-refractivity contribution in [1.82, 2.24) is 19.7 Å².